The number of alkyl halides is 3. The van der Waals surface area contributed by atoms with Crippen LogP contribution in [0.2, 0.25) is 0 Å². The molecular formula is C19H19F3N2O2. The Morgan fingerprint density at radius 1 is 1.08 bits per heavy atom. The van der Waals surface area contributed by atoms with Crippen LogP contribution >= 0.6 is 0 Å². The summed E-state index contributed by atoms with van der Waals surface area (Å²) in [5, 5.41) is 0. The van der Waals surface area contributed by atoms with Crippen LogP contribution in [0, 0.1) is 0 Å². The van der Waals surface area contributed by atoms with Crippen LogP contribution in [0.5, 0.6) is 0 Å². The molecule has 1 aliphatic heterocycles. The van der Waals surface area contributed by atoms with Crippen molar-refractivity contribution in [1.82, 2.24) is 9.80 Å². The first-order chi connectivity index (χ1) is 12.4. The number of carbonyl (C=O) groups is 1. The van der Waals surface area contributed by atoms with Gasteiger partial charge in [-0.15, -0.1) is 0 Å². The summed E-state index contributed by atoms with van der Waals surface area (Å²) in [5.41, 5.74) is 0.190. The number of furan rings is 1. The van der Waals surface area contributed by atoms with Crippen molar-refractivity contribution in [3.8, 4) is 0 Å². The summed E-state index contributed by atoms with van der Waals surface area (Å²) in [6.07, 6.45) is 0.360. The summed E-state index contributed by atoms with van der Waals surface area (Å²) >= 11 is 0. The molecule has 0 bridgehead atoms. The van der Waals surface area contributed by atoms with Crippen LogP contribution in [0.4, 0.5) is 13.2 Å². The molecule has 0 atom stereocenters. The van der Waals surface area contributed by atoms with E-state index in [0.29, 0.717) is 38.5 Å². The van der Waals surface area contributed by atoms with E-state index in [-0.39, 0.29) is 5.91 Å². The highest BCUT2D eigenvalue weighted by Gasteiger charge is 2.30. The molecule has 26 heavy (non-hydrogen) atoms. The number of carbonyl (C=O) groups excluding carboxylic acids is 1. The van der Waals surface area contributed by atoms with Gasteiger partial charge in [-0.05, 0) is 35.9 Å². The molecule has 0 N–H and O–H groups in total. The van der Waals surface area contributed by atoms with Crippen molar-refractivity contribution in [1.29, 1.82) is 0 Å². The third kappa shape index (κ3) is 4.76. The van der Waals surface area contributed by atoms with Gasteiger partial charge < -0.3 is 9.32 Å². The minimum Gasteiger partial charge on any atom is -0.465 e. The lowest BCUT2D eigenvalue weighted by molar-refractivity contribution is -0.137. The lowest BCUT2D eigenvalue weighted by atomic mass is 10.1. The Balaban J connectivity index is 1.48. The summed E-state index contributed by atoms with van der Waals surface area (Å²) in [5.74, 6) is 0.551. The topological polar surface area (TPSA) is 36.7 Å². The molecule has 1 saturated heterocycles. The number of benzene rings is 1. The average Bonchev–Trinajstić information content (AvgIpc) is 3.13. The van der Waals surface area contributed by atoms with Gasteiger partial charge in [0.1, 0.15) is 5.76 Å². The molecule has 138 valence electrons. The number of halogens is 3. The fourth-order valence-electron chi connectivity index (χ4n) is 2.83. The molecule has 1 fully saturated rings. The summed E-state index contributed by atoms with van der Waals surface area (Å²) < 4.78 is 42.9. The number of hydrogen-bond acceptors (Lipinski definition) is 3. The molecule has 4 nitrogen and oxygen atoms in total. The first-order valence-electron chi connectivity index (χ1n) is 8.31. The maximum atomic E-state index is 12.6. The zero-order valence-electron chi connectivity index (χ0n) is 14.1. The van der Waals surface area contributed by atoms with Gasteiger partial charge in [0.05, 0.1) is 11.8 Å². The molecule has 1 aliphatic rings. The van der Waals surface area contributed by atoms with E-state index < -0.39 is 11.7 Å². The molecule has 1 aromatic heterocycles. The normalized spacial score (nSPS) is 16.3. The lowest BCUT2D eigenvalue weighted by Gasteiger charge is -2.34. The predicted octanol–water partition coefficient (Wildman–Crippen LogP) is 3.66. The summed E-state index contributed by atoms with van der Waals surface area (Å²) in [6, 6.07) is 8.75. The first kappa shape index (κ1) is 18.3. The van der Waals surface area contributed by atoms with E-state index >= 15 is 0 Å². The monoisotopic (exact) mass is 364 g/mol. The van der Waals surface area contributed by atoms with Crippen molar-refractivity contribution in [2.45, 2.75) is 12.7 Å². The zero-order valence-corrected chi connectivity index (χ0v) is 14.1. The Morgan fingerprint density at radius 3 is 2.35 bits per heavy atom. The minimum absolute atomic E-state index is 0.0735. The van der Waals surface area contributed by atoms with Gasteiger partial charge in [-0.1, -0.05) is 12.1 Å². The van der Waals surface area contributed by atoms with Crippen molar-refractivity contribution >= 4 is 12.0 Å². The highest BCUT2D eigenvalue weighted by Crippen LogP contribution is 2.29. The summed E-state index contributed by atoms with van der Waals surface area (Å²) in [7, 11) is 0. The molecule has 0 aliphatic carbocycles. The Morgan fingerprint density at radius 2 is 1.77 bits per heavy atom. The van der Waals surface area contributed by atoms with E-state index in [9.17, 15) is 18.0 Å². The van der Waals surface area contributed by atoms with Crippen LogP contribution < -0.4 is 0 Å². The van der Waals surface area contributed by atoms with Crippen molar-refractivity contribution in [2.24, 2.45) is 0 Å². The average molecular weight is 364 g/mol. The van der Waals surface area contributed by atoms with Crippen LogP contribution in [0.1, 0.15) is 16.9 Å². The van der Waals surface area contributed by atoms with E-state index in [0.717, 1.165) is 17.7 Å². The van der Waals surface area contributed by atoms with Gasteiger partial charge in [0, 0.05) is 38.8 Å². The predicted molar refractivity (Wildman–Crippen MR) is 91.0 cm³/mol. The SMILES string of the molecule is O=C(C=Cc1ccco1)N1CCN(Cc2ccc(C(F)(F)F)cc2)CC1. The van der Waals surface area contributed by atoms with E-state index in [2.05, 4.69) is 4.90 Å². The fraction of sp³-hybridized carbons (Fsp3) is 0.316. The molecule has 0 spiro atoms. The molecule has 0 radical (unpaired) electrons. The molecule has 3 rings (SSSR count). The van der Waals surface area contributed by atoms with Crippen molar-refractivity contribution in [3.05, 3.63) is 65.6 Å². The third-order valence-corrected chi connectivity index (χ3v) is 4.30. The molecule has 7 heteroatoms. The minimum atomic E-state index is -4.31. The van der Waals surface area contributed by atoms with E-state index in [1.807, 2.05) is 0 Å². The van der Waals surface area contributed by atoms with Crippen LogP contribution in [0.25, 0.3) is 6.08 Å². The van der Waals surface area contributed by atoms with Crippen LogP contribution in [-0.4, -0.2) is 41.9 Å². The number of rotatable bonds is 4. The molecule has 1 aromatic carbocycles. The number of amides is 1. The summed E-state index contributed by atoms with van der Waals surface area (Å²) in [6.45, 7) is 3.11. The zero-order chi connectivity index (χ0) is 18.6. The van der Waals surface area contributed by atoms with Gasteiger partial charge in [0.15, 0.2) is 0 Å². The van der Waals surface area contributed by atoms with Crippen molar-refractivity contribution < 1.29 is 22.4 Å². The smallest absolute Gasteiger partial charge is 0.416 e. The maximum absolute atomic E-state index is 12.6. The van der Waals surface area contributed by atoms with Gasteiger partial charge in [0.2, 0.25) is 5.91 Å². The first-order valence-corrected chi connectivity index (χ1v) is 8.31. The number of hydrogen-bond donors (Lipinski definition) is 0. The Kier molecular flexibility index (Phi) is 5.46. The van der Waals surface area contributed by atoms with Gasteiger partial charge in [0.25, 0.3) is 0 Å². The number of nitrogens with zero attached hydrogens (tertiary/aromatic N) is 2. The quantitative estimate of drug-likeness (QED) is 0.777. The van der Waals surface area contributed by atoms with Crippen molar-refractivity contribution in [3.63, 3.8) is 0 Å². The van der Waals surface area contributed by atoms with Gasteiger partial charge in [-0.2, -0.15) is 13.2 Å². The standard InChI is InChI=1S/C19H19F3N2O2/c20-19(21,22)16-5-3-15(4-6-16)14-23-9-11-24(12-10-23)18(25)8-7-17-2-1-13-26-17/h1-8,13H,9-12,14H2. The Labute approximate surface area is 149 Å². The number of piperazine rings is 1. The van der Waals surface area contributed by atoms with Gasteiger partial charge in [-0.25, -0.2) is 0 Å². The molecule has 2 aromatic rings. The molecule has 2 heterocycles. The molecular weight excluding hydrogens is 345 g/mol. The molecule has 1 amide bonds. The summed E-state index contributed by atoms with van der Waals surface area (Å²) in [4.78, 5) is 16.0. The van der Waals surface area contributed by atoms with E-state index in [4.69, 9.17) is 4.42 Å². The fourth-order valence-corrected chi connectivity index (χ4v) is 2.83. The van der Waals surface area contributed by atoms with Crippen LogP contribution in [0.3, 0.4) is 0 Å². The second kappa shape index (κ2) is 7.78. The second-order valence-corrected chi connectivity index (χ2v) is 6.14. The molecule has 0 unspecified atom stereocenters. The van der Waals surface area contributed by atoms with Gasteiger partial charge >= 0.3 is 6.18 Å². The third-order valence-electron chi connectivity index (χ3n) is 4.30. The van der Waals surface area contributed by atoms with Gasteiger partial charge in [-0.3, -0.25) is 9.69 Å². The Hall–Kier alpha value is -2.54. The largest absolute Gasteiger partial charge is 0.465 e. The maximum Gasteiger partial charge on any atom is 0.416 e. The molecule has 0 saturated carbocycles. The lowest BCUT2D eigenvalue weighted by Crippen LogP contribution is -2.47. The van der Waals surface area contributed by atoms with Crippen LogP contribution in [-0.2, 0) is 17.5 Å². The van der Waals surface area contributed by atoms with Crippen molar-refractivity contribution in [2.75, 3.05) is 26.2 Å². The van der Waals surface area contributed by atoms with E-state index in [1.165, 1.54) is 18.2 Å². The van der Waals surface area contributed by atoms with E-state index in [1.54, 1.807) is 29.4 Å². The highest BCUT2D eigenvalue weighted by molar-refractivity contribution is 5.91. The highest BCUT2D eigenvalue weighted by atomic mass is 19.4. The van der Waals surface area contributed by atoms with Crippen LogP contribution in [0.15, 0.2) is 53.2 Å². The Bertz CT molecular complexity index is 744. The second-order valence-electron chi connectivity index (χ2n) is 6.14.